The summed E-state index contributed by atoms with van der Waals surface area (Å²) in [5.41, 5.74) is 0. The smallest absolute Gasteiger partial charge is 0.168 e. The van der Waals surface area contributed by atoms with E-state index in [0.717, 1.165) is 12.8 Å². The SMILES string of the molecule is CCCCCCCCC(CC)(OC(C)C)OC(C)C. The molecular weight excluding hydrogens is 236 g/mol. The fourth-order valence-corrected chi connectivity index (χ4v) is 2.52. The van der Waals surface area contributed by atoms with E-state index in [9.17, 15) is 0 Å². The van der Waals surface area contributed by atoms with Crippen LogP contribution in [0.25, 0.3) is 0 Å². The quantitative estimate of drug-likeness (QED) is 0.335. The summed E-state index contributed by atoms with van der Waals surface area (Å²) in [6, 6.07) is 0. The van der Waals surface area contributed by atoms with Gasteiger partial charge >= 0.3 is 0 Å². The predicted octanol–water partition coefficient (Wildman–Crippen LogP) is 5.69. The van der Waals surface area contributed by atoms with Crippen LogP contribution >= 0.6 is 0 Å². The average molecular weight is 272 g/mol. The van der Waals surface area contributed by atoms with Crippen LogP contribution in [0.4, 0.5) is 0 Å². The Morgan fingerprint density at radius 3 is 1.63 bits per heavy atom. The van der Waals surface area contributed by atoms with Crippen molar-refractivity contribution in [3.63, 3.8) is 0 Å². The van der Waals surface area contributed by atoms with Gasteiger partial charge in [0.2, 0.25) is 0 Å². The highest BCUT2D eigenvalue weighted by Gasteiger charge is 2.31. The van der Waals surface area contributed by atoms with E-state index in [2.05, 4.69) is 41.5 Å². The Morgan fingerprint density at radius 2 is 1.21 bits per heavy atom. The second-order valence-electron chi connectivity index (χ2n) is 6.12. The van der Waals surface area contributed by atoms with Crippen LogP contribution in [0, 0.1) is 0 Å². The molecule has 0 N–H and O–H groups in total. The van der Waals surface area contributed by atoms with Crippen LogP contribution in [0.3, 0.4) is 0 Å². The van der Waals surface area contributed by atoms with Crippen molar-refractivity contribution in [2.45, 2.75) is 111 Å². The molecule has 0 aliphatic rings. The molecule has 0 amide bonds. The molecule has 0 aromatic heterocycles. The van der Waals surface area contributed by atoms with Gasteiger partial charge in [0.15, 0.2) is 5.79 Å². The van der Waals surface area contributed by atoms with E-state index in [-0.39, 0.29) is 18.0 Å². The minimum absolute atomic E-state index is 0.221. The molecular formula is C17H36O2. The largest absolute Gasteiger partial charge is 0.347 e. The third-order valence-corrected chi connectivity index (χ3v) is 3.35. The van der Waals surface area contributed by atoms with Crippen LogP contribution in [0.5, 0.6) is 0 Å². The Balaban J connectivity index is 4.16. The van der Waals surface area contributed by atoms with Crippen molar-refractivity contribution >= 4 is 0 Å². The van der Waals surface area contributed by atoms with Gasteiger partial charge in [-0.1, -0.05) is 46.0 Å². The first-order chi connectivity index (χ1) is 8.95. The van der Waals surface area contributed by atoms with E-state index in [0.29, 0.717) is 0 Å². The van der Waals surface area contributed by atoms with Gasteiger partial charge in [-0.2, -0.15) is 0 Å². The van der Waals surface area contributed by atoms with Gasteiger partial charge in [0.1, 0.15) is 0 Å². The van der Waals surface area contributed by atoms with Crippen molar-refractivity contribution in [1.82, 2.24) is 0 Å². The van der Waals surface area contributed by atoms with E-state index in [4.69, 9.17) is 9.47 Å². The van der Waals surface area contributed by atoms with E-state index < -0.39 is 0 Å². The van der Waals surface area contributed by atoms with Crippen molar-refractivity contribution in [1.29, 1.82) is 0 Å². The Hall–Kier alpha value is -0.0800. The van der Waals surface area contributed by atoms with Crippen LogP contribution in [0.2, 0.25) is 0 Å². The van der Waals surface area contributed by atoms with Gasteiger partial charge < -0.3 is 9.47 Å². The monoisotopic (exact) mass is 272 g/mol. The van der Waals surface area contributed by atoms with Crippen LogP contribution in [-0.4, -0.2) is 18.0 Å². The summed E-state index contributed by atoms with van der Waals surface area (Å²) in [5, 5.41) is 0. The molecule has 0 atom stereocenters. The minimum atomic E-state index is -0.368. The Labute approximate surface area is 121 Å². The zero-order valence-electron chi connectivity index (χ0n) is 14.1. The maximum atomic E-state index is 6.10. The van der Waals surface area contributed by atoms with Gasteiger partial charge in [0.25, 0.3) is 0 Å². The molecule has 0 saturated carbocycles. The lowest BCUT2D eigenvalue weighted by molar-refractivity contribution is -0.274. The molecule has 0 radical (unpaired) electrons. The zero-order chi connectivity index (χ0) is 14.7. The third kappa shape index (κ3) is 9.45. The van der Waals surface area contributed by atoms with E-state index >= 15 is 0 Å². The van der Waals surface area contributed by atoms with E-state index in [1.54, 1.807) is 0 Å². The second kappa shape index (κ2) is 10.7. The van der Waals surface area contributed by atoms with Crippen molar-refractivity contribution in [2.24, 2.45) is 0 Å². The Bertz CT molecular complexity index is 189. The van der Waals surface area contributed by atoms with Gasteiger partial charge in [0.05, 0.1) is 12.2 Å². The van der Waals surface area contributed by atoms with Crippen LogP contribution in [-0.2, 0) is 9.47 Å². The molecule has 19 heavy (non-hydrogen) atoms. The molecule has 2 nitrogen and oxygen atoms in total. The first-order valence-electron chi connectivity index (χ1n) is 8.31. The van der Waals surface area contributed by atoms with Crippen molar-refractivity contribution in [3.05, 3.63) is 0 Å². The lowest BCUT2D eigenvalue weighted by Gasteiger charge is -2.36. The van der Waals surface area contributed by atoms with Gasteiger partial charge in [-0.05, 0) is 40.5 Å². The standard InChI is InChI=1S/C17H36O2/c1-7-9-10-11-12-13-14-17(8-2,18-15(3)4)19-16(5)6/h15-16H,7-14H2,1-6H3. The maximum Gasteiger partial charge on any atom is 0.168 e. The molecule has 0 unspecified atom stereocenters. The predicted molar refractivity (Wildman–Crippen MR) is 83.5 cm³/mol. The third-order valence-electron chi connectivity index (χ3n) is 3.35. The molecule has 0 aromatic rings. The van der Waals surface area contributed by atoms with Crippen molar-refractivity contribution in [2.75, 3.05) is 0 Å². The molecule has 0 aromatic carbocycles. The summed E-state index contributed by atoms with van der Waals surface area (Å²) in [5.74, 6) is -0.368. The highest BCUT2D eigenvalue weighted by molar-refractivity contribution is 4.71. The van der Waals surface area contributed by atoms with E-state index in [1.807, 2.05) is 0 Å². The first-order valence-corrected chi connectivity index (χ1v) is 8.31. The molecule has 0 fully saturated rings. The van der Waals surface area contributed by atoms with Crippen LogP contribution < -0.4 is 0 Å². The van der Waals surface area contributed by atoms with Crippen LogP contribution in [0.1, 0.15) is 92.9 Å². The fourth-order valence-electron chi connectivity index (χ4n) is 2.52. The molecule has 0 saturated heterocycles. The summed E-state index contributed by atoms with van der Waals surface area (Å²) in [4.78, 5) is 0. The first kappa shape index (κ1) is 18.9. The number of hydrogen-bond acceptors (Lipinski definition) is 2. The topological polar surface area (TPSA) is 18.5 Å². The normalized spacial score (nSPS) is 12.6. The van der Waals surface area contributed by atoms with Crippen molar-refractivity contribution < 1.29 is 9.47 Å². The number of ether oxygens (including phenoxy) is 2. The highest BCUT2D eigenvalue weighted by atomic mass is 16.7. The molecule has 0 aliphatic heterocycles. The Morgan fingerprint density at radius 1 is 0.737 bits per heavy atom. The average Bonchev–Trinajstić information content (AvgIpc) is 2.31. The summed E-state index contributed by atoms with van der Waals surface area (Å²) >= 11 is 0. The number of rotatable bonds is 12. The van der Waals surface area contributed by atoms with Gasteiger partial charge in [0, 0.05) is 6.42 Å². The summed E-state index contributed by atoms with van der Waals surface area (Å²) in [6.45, 7) is 12.8. The lowest BCUT2D eigenvalue weighted by Crippen LogP contribution is -2.39. The van der Waals surface area contributed by atoms with Gasteiger partial charge in [-0.3, -0.25) is 0 Å². The zero-order valence-corrected chi connectivity index (χ0v) is 14.1. The molecule has 0 spiro atoms. The summed E-state index contributed by atoms with van der Waals surface area (Å²) in [7, 11) is 0. The summed E-state index contributed by atoms with van der Waals surface area (Å²) < 4.78 is 12.2. The molecule has 0 aliphatic carbocycles. The van der Waals surface area contributed by atoms with E-state index in [1.165, 1.54) is 38.5 Å². The Kier molecular flexibility index (Phi) is 10.6. The van der Waals surface area contributed by atoms with Gasteiger partial charge in [-0.15, -0.1) is 0 Å². The molecule has 2 heteroatoms. The minimum Gasteiger partial charge on any atom is -0.347 e. The lowest BCUT2D eigenvalue weighted by atomic mass is 10.0. The molecule has 0 rings (SSSR count). The second-order valence-corrected chi connectivity index (χ2v) is 6.12. The van der Waals surface area contributed by atoms with Gasteiger partial charge in [-0.25, -0.2) is 0 Å². The summed E-state index contributed by atoms with van der Waals surface area (Å²) in [6.07, 6.45) is 10.3. The number of hydrogen-bond donors (Lipinski definition) is 0. The molecule has 0 heterocycles. The van der Waals surface area contributed by atoms with Crippen LogP contribution in [0.15, 0.2) is 0 Å². The maximum absolute atomic E-state index is 6.10. The molecule has 116 valence electrons. The fraction of sp³-hybridized carbons (Fsp3) is 1.00. The number of unbranched alkanes of at least 4 members (excludes halogenated alkanes) is 5. The van der Waals surface area contributed by atoms with Crippen molar-refractivity contribution in [3.8, 4) is 0 Å². The molecule has 0 bridgehead atoms. The highest BCUT2D eigenvalue weighted by Crippen LogP contribution is 2.28.